The predicted molar refractivity (Wildman–Crippen MR) is 112 cm³/mol. The van der Waals surface area contributed by atoms with Crippen molar-refractivity contribution in [3.05, 3.63) is 109 Å². The monoisotopic (exact) mass is 626 g/mol. The van der Waals surface area contributed by atoms with E-state index < -0.39 is 0 Å². The number of rotatable bonds is 2. The summed E-state index contributed by atoms with van der Waals surface area (Å²) in [6.45, 7) is 4.66. The molecule has 0 aliphatic carbocycles. The van der Waals surface area contributed by atoms with Gasteiger partial charge in [-0.15, -0.1) is 47.5 Å². The Hall–Kier alpha value is -1.33. The maximum absolute atomic E-state index is 12.8. The van der Waals surface area contributed by atoms with Gasteiger partial charge in [-0.2, -0.15) is 24.3 Å². The van der Waals surface area contributed by atoms with Crippen LogP contribution in [0.25, 0.3) is 22.3 Å². The fourth-order valence-corrected chi connectivity index (χ4v) is 2.47. The van der Waals surface area contributed by atoms with Crippen molar-refractivity contribution in [3.63, 3.8) is 0 Å². The molecule has 0 aromatic heterocycles. The van der Waals surface area contributed by atoms with E-state index in [-0.39, 0.29) is 41.9 Å². The fourth-order valence-electron chi connectivity index (χ4n) is 2.47. The van der Waals surface area contributed by atoms with Crippen LogP contribution in [-0.2, 0) is 23.0 Å². The van der Waals surface area contributed by atoms with E-state index >= 15 is 0 Å². The van der Waals surface area contributed by atoms with Gasteiger partial charge >= 0.3 is 41.6 Å². The molecular weight excluding hydrogens is 604 g/mol. The molecule has 0 radical (unpaired) electrons. The predicted octanol–water partition coefficient (Wildman–Crippen LogP) is 1.22. The minimum atomic E-state index is -0.186. The molecule has 0 N–H and O–H groups in total. The first kappa shape index (κ1) is 28.7. The van der Waals surface area contributed by atoms with Gasteiger partial charge in [-0.1, -0.05) is 35.4 Å². The fraction of sp³-hybridized carbons (Fsp3) is 0.0833. The third-order valence-electron chi connectivity index (χ3n) is 3.64. The van der Waals surface area contributed by atoms with Crippen LogP contribution >= 0.6 is 0 Å². The molecule has 0 fully saturated rings. The summed E-state index contributed by atoms with van der Waals surface area (Å²) in [5.41, 5.74) is 4.25. The second-order valence-corrected chi connectivity index (χ2v) is 19.1. The average Bonchev–Trinajstić information content (AvgIpc) is 3.36. The summed E-state index contributed by atoms with van der Waals surface area (Å²) in [4.78, 5) is 0. The standard InChI is InChI=1S/2C11H8F.C2H6Si.2ClH.Hf/c2*12-11-7-3-6-10(8-11)9-4-1-2-5-9;1-3-2;;;/h2*1-8H;1-2H3;2*1H;/q2*-1;;;;+2/p-2. The van der Waals surface area contributed by atoms with Gasteiger partial charge in [-0.3, -0.25) is 0 Å². The maximum Gasteiger partial charge on any atom is 0.0898 e. The van der Waals surface area contributed by atoms with Crippen LogP contribution < -0.4 is 24.8 Å². The average molecular weight is 626 g/mol. The topological polar surface area (TPSA) is 0 Å². The summed E-state index contributed by atoms with van der Waals surface area (Å²) in [6, 6.07) is 28.9. The van der Waals surface area contributed by atoms with Crippen LogP contribution in [0, 0.1) is 11.6 Å². The maximum atomic E-state index is 12.8. The molecule has 0 nitrogen and oxygen atoms in total. The van der Waals surface area contributed by atoms with Crippen molar-refractivity contribution in [3.8, 4) is 22.3 Å². The SMILES string of the molecule is C[Si](C)=[Hf+2].Fc1cccc(-[c-]2cccc2)c1.Fc1cccc(-[c-]2cccc2)c1.[Cl-].[Cl-]. The van der Waals surface area contributed by atoms with E-state index in [0.717, 1.165) is 22.3 Å². The molecule has 0 spiro atoms. The Bertz CT molecular complexity index is 904. The van der Waals surface area contributed by atoms with Crippen molar-refractivity contribution >= 4 is 5.49 Å². The Labute approximate surface area is 205 Å². The summed E-state index contributed by atoms with van der Waals surface area (Å²) in [5.74, 6) is -0.373. The number of halogens is 4. The third kappa shape index (κ3) is 10.6. The molecule has 0 bridgehead atoms. The van der Waals surface area contributed by atoms with E-state index in [1.807, 2.05) is 60.7 Å². The molecule has 30 heavy (non-hydrogen) atoms. The molecule has 0 atom stereocenters. The van der Waals surface area contributed by atoms with Crippen molar-refractivity contribution < 1.29 is 56.6 Å². The zero-order valence-electron chi connectivity index (χ0n) is 16.7. The zero-order chi connectivity index (χ0) is 20.4. The van der Waals surface area contributed by atoms with Gasteiger partial charge in [0.05, 0.1) is 11.6 Å². The van der Waals surface area contributed by atoms with Crippen LogP contribution in [0.15, 0.2) is 97.1 Å². The summed E-state index contributed by atoms with van der Waals surface area (Å²) < 4.78 is 25.5. The van der Waals surface area contributed by atoms with Gasteiger partial charge in [0.25, 0.3) is 0 Å². The van der Waals surface area contributed by atoms with Crippen molar-refractivity contribution in [1.29, 1.82) is 0 Å². The van der Waals surface area contributed by atoms with Crippen LogP contribution in [-0.4, -0.2) is 5.49 Å². The molecule has 4 aromatic carbocycles. The Morgan fingerprint density at radius 2 is 0.933 bits per heavy atom. The molecule has 4 aromatic rings. The van der Waals surface area contributed by atoms with E-state index in [4.69, 9.17) is 0 Å². The molecule has 0 amide bonds. The van der Waals surface area contributed by atoms with Crippen LogP contribution in [0.2, 0.25) is 13.1 Å². The summed E-state index contributed by atoms with van der Waals surface area (Å²) >= 11 is 1.45. The number of benzene rings is 2. The Balaban J connectivity index is 0.000000452. The van der Waals surface area contributed by atoms with Crippen molar-refractivity contribution in [1.82, 2.24) is 0 Å². The van der Waals surface area contributed by atoms with Gasteiger partial charge in [0.1, 0.15) is 0 Å². The molecule has 0 heterocycles. The van der Waals surface area contributed by atoms with Crippen LogP contribution in [0.3, 0.4) is 0 Å². The normalized spacial score (nSPS) is 9.00. The number of hydrogen-bond donors (Lipinski definition) is 0. The molecule has 6 heteroatoms. The second kappa shape index (κ2) is 15.5. The third-order valence-corrected chi connectivity index (χ3v) is 3.64. The molecule has 0 aliphatic rings. The van der Waals surface area contributed by atoms with E-state index in [1.54, 1.807) is 12.1 Å². The first-order valence-electron chi connectivity index (χ1n) is 8.93. The van der Waals surface area contributed by atoms with Crippen molar-refractivity contribution in [2.45, 2.75) is 13.1 Å². The molecule has 156 valence electrons. The summed E-state index contributed by atoms with van der Waals surface area (Å²) in [6.07, 6.45) is 0. The summed E-state index contributed by atoms with van der Waals surface area (Å²) in [7, 11) is 0. The van der Waals surface area contributed by atoms with Crippen molar-refractivity contribution in [2.75, 3.05) is 0 Å². The van der Waals surface area contributed by atoms with Crippen LogP contribution in [0.5, 0.6) is 0 Å². The molecule has 4 rings (SSSR count). The van der Waals surface area contributed by atoms with E-state index in [0.29, 0.717) is 0 Å². The molecule has 0 saturated heterocycles. The van der Waals surface area contributed by atoms with Gasteiger partial charge in [0.15, 0.2) is 0 Å². The summed E-state index contributed by atoms with van der Waals surface area (Å²) in [5, 5.41) is 0. The van der Waals surface area contributed by atoms with Gasteiger partial charge < -0.3 is 24.8 Å². The molecular formula is C24H22Cl2F2HfSi-2. The van der Waals surface area contributed by atoms with E-state index in [1.165, 1.54) is 47.3 Å². The second-order valence-electron chi connectivity index (χ2n) is 6.37. The first-order chi connectivity index (χ1) is 13.5. The Morgan fingerprint density at radius 1 is 0.633 bits per heavy atom. The quantitative estimate of drug-likeness (QED) is 0.232. The van der Waals surface area contributed by atoms with E-state index in [9.17, 15) is 8.78 Å². The largest absolute Gasteiger partial charge is 1.00 e. The van der Waals surface area contributed by atoms with Gasteiger partial charge in [0.2, 0.25) is 0 Å². The van der Waals surface area contributed by atoms with E-state index in [2.05, 4.69) is 13.1 Å². The van der Waals surface area contributed by atoms with Gasteiger partial charge in [-0.05, 0) is 12.1 Å². The zero-order valence-corrected chi connectivity index (χ0v) is 22.9. The minimum absolute atomic E-state index is 0. The minimum Gasteiger partial charge on any atom is -1.00 e. The molecule has 0 aliphatic heterocycles. The number of hydrogen-bond acceptors (Lipinski definition) is 0. The van der Waals surface area contributed by atoms with Crippen LogP contribution in [0.1, 0.15) is 0 Å². The smallest absolute Gasteiger partial charge is 0.0898 e. The molecule has 0 unspecified atom stereocenters. The Morgan fingerprint density at radius 3 is 1.20 bits per heavy atom. The van der Waals surface area contributed by atoms with Crippen molar-refractivity contribution in [2.24, 2.45) is 0 Å². The van der Waals surface area contributed by atoms with Crippen LogP contribution in [0.4, 0.5) is 8.78 Å². The Kier molecular flexibility index (Phi) is 14.8. The molecule has 0 saturated carbocycles. The van der Waals surface area contributed by atoms with Gasteiger partial charge in [-0.25, -0.2) is 8.78 Å². The first-order valence-corrected chi connectivity index (χ1v) is 16.8. The van der Waals surface area contributed by atoms with Gasteiger partial charge in [0, 0.05) is 0 Å².